The molecule has 0 aliphatic carbocycles. The Hall–Kier alpha value is -0.540. The standard InChI is InChI=1S/C7H9Cl2N3/c1-2-3-10-5-6(8)11-4-12-7(5)9/h4,10H,2-3H2,1H3. The molecule has 1 rings (SSSR count). The van der Waals surface area contributed by atoms with Crippen LogP contribution in [0.3, 0.4) is 0 Å². The molecule has 0 spiro atoms. The summed E-state index contributed by atoms with van der Waals surface area (Å²) in [6.07, 6.45) is 2.34. The molecule has 66 valence electrons. The van der Waals surface area contributed by atoms with Crippen LogP contribution in [0.1, 0.15) is 13.3 Å². The highest BCUT2D eigenvalue weighted by molar-refractivity contribution is 6.37. The van der Waals surface area contributed by atoms with Crippen molar-refractivity contribution in [3.8, 4) is 0 Å². The minimum Gasteiger partial charge on any atom is -0.380 e. The van der Waals surface area contributed by atoms with Gasteiger partial charge in [0.25, 0.3) is 0 Å². The van der Waals surface area contributed by atoms with Crippen molar-refractivity contribution in [2.45, 2.75) is 13.3 Å². The van der Waals surface area contributed by atoms with E-state index in [0.29, 0.717) is 16.0 Å². The van der Waals surface area contributed by atoms with Gasteiger partial charge >= 0.3 is 0 Å². The molecule has 0 saturated heterocycles. The molecular weight excluding hydrogens is 197 g/mol. The van der Waals surface area contributed by atoms with Gasteiger partial charge in [0, 0.05) is 6.54 Å². The molecule has 1 N–H and O–H groups in total. The molecule has 1 aromatic rings. The van der Waals surface area contributed by atoms with E-state index in [4.69, 9.17) is 23.2 Å². The fourth-order valence-corrected chi connectivity index (χ4v) is 1.19. The SMILES string of the molecule is CCCNc1c(Cl)ncnc1Cl. The summed E-state index contributed by atoms with van der Waals surface area (Å²) in [7, 11) is 0. The first kappa shape index (κ1) is 9.55. The highest BCUT2D eigenvalue weighted by Gasteiger charge is 2.05. The van der Waals surface area contributed by atoms with Crippen LogP contribution in [0.5, 0.6) is 0 Å². The predicted molar refractivity (Wildman–Crippen MR) is 50.8 cm³/mol. The Labute approximate surface area is 81.1 Å². The Kier molecular flexibility index (Phi) is 3.56. The number of rotatable bonds is 3. The largest absolute Gasteiger partial charge is 0.380 e. The fourth-order valence-electron chi connectivity index (χ4n) is 0.740. The van der Waals surface area contributed by atoms with Gasteiger partial charge in [-0.2, -0.15) is 0 Å². The number of hydrogen-bond donors (Lipinski definition) is 1. The van der Waals surface area contributed by atoms with Crippen LogP contribution in [0, 0.1) is 0 Å². The first-order valence-corrected chi connectivity index (χ1v) is 4.41. The lowest BCUT2D eigenvalue weighted by Gasteiger charge is -2.06. The summed E-state index contributed by atoms with van der Waals surface area (Å²) in [5, 5.41) is 3.77. The summed E-state index contributed by atoms with van der Waals surface area (Å²) in [6.45, 7) is 2.87. The third-order valence-electron chi connectivity index (χ3n) is 1.31. The second-order valence-electron chi connectivity index (χ2n) is 2.26. The third-order valence-corrected chi connectivity index (χ3v) is 1.88. The molecule has 0 bridgehead atoms. The van der Waals surface area contributed by atoms with Gasteiger partial charge < -0.3 is 5.32 Å². The van der Waals surface area contributed by atoms with E-state index in [1.54, 1.807) is 0 Å². The van der Waals surface area contributed by atoms with Gasteiger partial charge in [-0.3, -0.25) is 0 Å². The quantitative estimate of drug-likeness (QED) is 0.772. The topological polar surface area (TPSA) is 37.8 Å². The average molecular weight is 206 g/mol. The molecule has 12 heavy (non-hydrogen) atoms. The normalized spacial score (nSPS) is 9.92. The zero-order valence-corrected chi connectivity index (χ0v) is 8.15. The monoisotopic (exact) mass is 205 g/mol. The molecule has 0 aliphatic heterocycles. The molecule has 0 unspecified atom stereocenters. The van der Waals surface area contributed by atoms with Gasteiger partial charge in [0.1, 0.15) is 12.0 Å². The van der Waals surface area contributed by atoms with Gasteiger partial charge in [-0.05, 0) is 6.42 Å². The molecule has 0 atom stereocenters. The maximum Gasteiger partial charge on any atom is 0.157 e. The average Bonchev–Trinajstić information content (AvgIpc) is 2.04. The molecule has 1 heterocycles. The number of halogens is 2. The van der Waals surface area contributed by atoms with Crippen molar-refractivity contribution in [2.24, 2.45) is 0 Å². The maximum atomic E-state index is 5.77. The van der Waals surface area contributed by atoms with E-state index in [1.807, 2.05) is 0 Å². The van der Waals surface area contributed by atoms with Crippen LogP contribution in [0.4, 0.5) is 5.69 Å². The van der Waals surface area contributed by atoms with Crippen molar-refractivity contribution in [3.63, 3.8) is 0 Å². The lowest BCUT2D eigenvalue weighted by Crippen LogP contribution is -2.02. The van der Waals surface area contributed by atoms with Crippen LogP contribution in [-0.4, -0.2) is 16.5 Å². The van der Waals surface area contributed by atoms with Gasteiger partial charge in [-0.25, -0.2) is 9.97 Å². The van der Waals surface area contributed by atoms with Gasteiger partial charge in [0.15, 0.2) is 10.3 Å². The molecule has 3 nitrogen and oxygen atoms in total. The van der Waals surface area contributed by atoms with Crippen LogP contribution in [0.2, 0.25) is 10.3 Å². The molecule has 1 aromatic heterocycles. The third kappa shape index (κ3) is 2.22. The van der Waals surface area contributed by atoms with Crippen LogP contribution >= 0.6 is 23.2 Å². The first-order chi connectivity index (χ1) is 5.75. The Morgan fingerprint density at radius 2 is 1.92 bits per heavy atom. The van der Waals surface area contributed by atoms with Crippen molar-refractivity contribution < 1.29 is 0 Å². The summed E-state index contributed by atoms with van der Waals surface area (Å²) >= 11 is 11.5. The van der Waals surface area contributed by atoms with Crippen molar-refractivity contribution in [1.29, 1.82) is 0 Å². The van der Waals surface area contributed by atoms with Crippen LogP contribution < -0.4 is 5.32 Å². The summed E-state index contributed by atoms with van der Waals surface area (Å²) < 4.78 is 0. The van der Waals surface area contributed by atoms with Crippen molar-refractivity contribution in [2.75, 3.05) is 11.9 Å². The van der Waals surface area contributed by atoms with Crippen LogP contribution in [0.15, 0.2) is 6.33 Å². The van der Waals surface area contributed by atoms with Crippen LogP contribution in [-0.2, 0) is 0 Å². The van der Waals surface area contributed by atoms with Crippen molar-refractivity contribution in [1.82, 2.24) is 9.97 Å². The lowest BCUT2D eigenvalue weighted by atomic mass is 10.4. The molecule has 5 heteroatoms. The minimum atomic E-state index is 0.364. The zero-order valence-electron chi connectivity index (χ0n) is 6.64. The zero-order chi connectivity index (χ0) is 8.97. The molecule has 0 fully saturated rings. The lowest BCUT2D eigenvalue weighted by molar-refractivity contribution is 0.973. The van der Waals surface area contributed by atoms with E-state index < -0.39 is 0 Å². The Bertz CT molecular complexity index is 245. The molecule has 0 aliphatic rings. The van der Waals surface area contributed by atoms with E-state index >= 15 is 0 Å². The van der Waals surface area contributed by atoms with Crippen molar-refractivity contribution in [3.05, 3.63) is 16.6 Å². The predicted octanol–water partition coefficient (Wildman–Crippen LogP) is 2.61. The second-order valence-corrected chi connectivity index (χ2v) is 2.97. The Balaban J connectivity index is 2.81. The van der Waals surface area contributed by atoms with Crippen LogP contribution in [0.25, 0.3) is 0 Å². The van der Waals surface area contributed by atoms with E-state index in [2.05, 4.69) is 22.2 Å². The summed E-state index contributed by atoms with van der Waals surface area (Å²) in [4.78, 5) is 7.60. The Morgan fingerprint density at radius 1 is 1.33 bits per heavy atom. The summed E-state index contributed by atoms with van der Waals surface area (Å²) in [5.74, 6) is 0. The smallest absolute Gasteiger partial charge is 0.157 e. The number of aromatic nitrogens is 2. The van der Waals surface area contributed by atoms with Crippen molar-refractivity contribution >= 4 is 28.9 Å². The number of nitrogens with one attached hydrogen (secondary N) is 1. The maximum absolute atomic E-state index is 5.77. The molecule has 0 radical (unpaired) electrons. The fraction of sp³-hybridized carbons (Fsp3) is 0.429. The van der Waals surface area contributed by atoms with Gasteiger partial charge in [-0.15, -0.1) is 0 Å². The molecular formula is C7H9Cl2N3. The molecule has 0 saturated carbocycles. The van der Waals surface area contributed by atoms with Gasteiger partial charge in [-0.1, -0.05) is 30.1 Å². The highest BCUT2D eigenvalue weighted by Crippen LogP contribution is 2.25. The second kappa shape index (κ2) is 4.48. The minimum absolute atomic E-state index is 0.364. The number of nitrogens with zero attached hydrogens (tertiary/aromatic N) is 2. The van der Waals surface area contributed by atoms with E-state index in [1.165, 1.54) is 6.33 Å². The summed E-state index contributed by atoms with van der Waals surface area (Å²) in [5.41, 5.74) is 0.614. The van der Waals surface area contributed by atoms with Gasteiger partial charge in [0.05, 0.1) is 0 Å². The first-order valence-electron chi connectivity index (χ1n) is 3.65. The van der Waals surface area contributed by atoms with E-state index in [-0.39, 0.29) is 0 Å². The van der Waals surface area contributed by atoms with Gasteiger partial charge in [0.2, 0.25) is 0 Å². The molecule has 0 amide bonds. The number of hydrogen-bond acceptors (Lipinski definition) is 3. The Morgan fingerprint density at radius 3 is 2.42 bits per heavy atom. The van der Waals surface area contributed by atoms with E-state index in [0.717, 1.165) is 13.0 Å². The van der Waals surface area contributed by atoms with E-state index in [9.17, 15) is 0 Å². The molecule has 0 aromatic carbocycles. The number of anilines is 1. The summed E-state index contributed by atoms with van der Waals surface area (Å²) in [6, 6.07) is 0. The highest BCUT2D eigenvalue weighted by atomic mass is 35.5.